The maximum Gasteiger partial charge on any atom is 0.260 e. The molecule has 1 aromatic carbocycles. The second-order valence-corrected chi connectivity index (χ2v) is 3.48. The topological polar surface area (TPSA) is 121 Å². The quantitative estimate of drug-likeness (QED) is 0.293. The predicted molar refractivity (Wildman–Crippen MR) is 69.9 cm³/mol. The number of nitrogens with zero attached hydrogens (tertiary/aromatic N) is 2. The van der Waals surface area contributed by atoms with Gasteiger partial charge in [0.25, 0.3) is 5.96 Å². The van der Waals surface area contributed by atoms with E-state index in [1.54, 1.807) is 12.1 Å². The van der Waals surface area contributed by atoms with Crippen molar-refractivity contribution in [1.82, 2.24) is 0 Å². The molecule has 19 heavy (non-hydrogen) atoms. The van der Waals surface area contributed by atoms with Crippen molar-refractivity contribution < 1.29 is 14.0 Å². The van der Waals surface area contributed by atoms with Crippen molar-refractivity contribution in [1.29, 1.82) is 0 Å². The summed E-state index contributed by atoms with van der Waals surface area (Å²) in [4.78, 5) is 8.32. The van der Waals surface area contributed by atoms with E-state index in [0.717, 1.165) is 0 Å². The van der Waals surface area contributed by atoms with Gasteiger partial charge >= 0.3 is 0 Å². The molecule has 0 aliphatic heterocycles. The fraction of sp³-hybridized carbons (Fsp3) is 0.273. The third kappa shape index (κ3) is 6.71. The number of hydrogen-bond donors (Lipinski definition) is 3. The molecule has 0 fully saturated rings. The van der Waals surface area contributed by atoms with Gasteiger partial charge in [0.2, 0.25) is 0 Å². The fourth-order valence-electron chi connectivity index (χ4n) is 1.11. The molecule has 6 N–H and O–H groups in total. The Bertz CT molecular complexity index is 443. The van der Waals surface area contributed by atoms with Crippen LogP contribution in [0.1, 0.15) is 6.42 Å². The van der Waals surface area contributed by atoms with Gasteiger partial charge in [-0.15, -0.1) is 0 Å². The molecule has 104 valence electrons. The van der Waals surface area contributed by atoms with E-state index in [9.17, 15) is 4.39 Å². The van der Waals surface area contributed by atoms with Crippen LogP contribution >= 0.6 is 0 Å². The fourth-order valence-corrected chi connectivity index (χ4v) is 1.11. The second kappa shape index (κ2) is 7.75. The third-order valence-corrected chi connectivity index (χ3v) is 1.86. The van der Waals surface area contributed by atoms with Crippen LogP contribution in [0.4, 0.5) is 4.39 Å². The van der Waals surface area contributed by atoms with Gasteiger partial charge < -0.3 is 26.8 Å². The lowest BCUT2D eigenvalue weighted by Crippen LogP contribution is -2.26. The van der Waals surface area contributed by atoms with Crippen molar-refractivity contribution in [2.45, 2.75) is 6.42 Å². The number of nitrogens with two attached hydrogens (primary N) is 3. The third-order valence-electron chi connectivity index (χ3n) is 1.86. The molecule has 1 rings (SSSR count). The minimum absolute atomic E-state index is 0.153. The number of rotatable bonds is 6. The molecule has 0 amide bonds. The SMILES string of the molecule is NC(N)=N/C(N)=N/OCCCOc1ccc(F)cc1. The van der Waals surface area contributed by atoms with Crippen LogP contribution in [0.2, 0.25) is 0 Å². The van der Waals surface area contributed by atoms with E-state index < -0.39 is 0 Å². The minimum atomic E-state index is -0.305. The molecule has 0 radical (unpaired) electrons. The molecule has 0 aromatic heterocycles. The molecular weight excluding hydrogens is 253 g/mol. The number of hydrogen-bond acceptors (Lipinski definition) is 3. The lowest BCUT2D eigenvalue weighted by Gasteiger charge is -2.05. The molecule has 7 nitrogen and oxygen atoms in total. The first kappa shape index (κ1) is 14.6. The zero-order valence-electron chi connectivity index (χ0n) is 10.3. The van der Waals surface area contributed by atoms with Crippen molar-refractivity contribution in [3.8, 4) is 5.75 Å². The van der Waals surface area contributed by atoms with Crippen LogP contribution in [0.15, 0.2) is 34.4 Å². The summed E-state index contributed by atoms with van der Waals surface area (Å²) in [6.07, 6.45) is 0.579. The van der Waals surface area contributed by atoms with Crippen LogP contribution in [0.3, 0.4) is 0 Å². The number of ether oxygens (including phenoxy) is 1. The molecule has 0 heterocycles. The maximum atomic E-state index is 12.6. The molecule has 0 aliphatic rings. The van der Waals surface area contributed by atoms with Crippen molar-refractivity contribution in [3.63, 3.8) is 0 Å². The Morgan fingerprint density at radius 2 is 1.79 bits per heavy atom. The van der Waals surface area contributed by atoms with Crippen LogP contribution in [0, 0.1) is 5.82 Å². The van der Waals surface area contributed by atoms with Gasteiger partial charge in [-0.2, -0.15) is 4.99 Å². The van der Waals surface area contributed by atoms with E-state index >= 15 is 0 Å². The van der Waals surface area contributed by atoms with Gasteiger partial charge in [-0.1, -0.05) is 0 Å². The van der Waals surface area contributed by atoms with Crippen LogP contribution in [0.5, 0.6) is 5.75 Å². The molecule has 8 heteroatoms. The first-order chi connectivity index (χ1) is 9.08. The summed E-state index contributed by atoms with van der Waals surface area (Å²) in [5.41, 5.74) is 15.5. The summed E-state index contributed by atoms with van der Waals surface area (Å²) in [7, 11) is 0. The lowest BCUT2D eigenvalue weighted by atomic mass is 10.3. The number of guanidine groups is 2. The van der Waals surface area contributed by atoms with E-state index in [-0.39, 0.29) is 17.7 Å². The molecule has 0 aliphatic carbocycles. The molecular formula is C11H16FN5O2. The first-order valence-electron chi connectivity index (χ1n) is 5.51. The number of halogens is 1. The van der Waals surface area contributed by atoms with E-state index in [0.29, 0.717) is 25.4 Å². The highest BCUT2D eigenvalue weighted by molar-refractivity contribution is 5.92. The normalized spacial score (nSPS) is 10.9. The summed E-state index contributed by atoms with van der Waals surface area (Å²) < 4.78 is 17.9. The largest absolute Gasteiger partial charge is 0.493 e. The average Bonchev–Trinajstić information content (AvgIpc) is 2.35. The molecule has 0 spiro atoms. The van der Waals surface area contributed by atoms with Gasteiger partial charge in [-0.05, 0) is 29.4 Å². The average molecular weight is 269 g/mol. The smallest absolute Gasteiger partial charge is 0.260 e. The zero-order valence-corrected chi connectivity index (χ0v) is 10.3. The highest BCUT2D eigenvalue weighted by Crippen LogP contribution is 2.10. The second-order valence-electron chi connectivity index (χ2n) is 3.48. The Labute approximate surface area is 109 Å². The Morgan fingerprint density at radius 1 is 1.11 bits per heavy atom. The zero-order chi connectivity index (χ0) is 14.1. The van der Waals surface area contributed by atoms with Gasteiger partial charge in [0.1, 0.15) is 18.2 Å². The van der Waals surface area contributed by atoms with E-state index in [1.807, 2.05) is 0 Å². The molecule has 1 aromatic rings. The monoisotopic (exact) mass is 269 g/mol. The molecule has 0 atom stereocenters. The summed E-state index contributed by atoms with van der Waals surface area (Å²) in [6.45, 7) is 0.700. The minimum Gasteiger partial charge on any atom is -0.493 e. The van der Waals surface area contributed by atoms with Crippen molar-refractivity contribution in [2.75, 3.05) is 13.2 Å². The number of benzene rings is 1. The van der Waals surface area contributed by atoms with Gasteiger partial charge in [0.15, 0.2) is 5.96 Å². The molecule has 0 bridgehead atoms. The Morgan fingerprint density at radius 3 is 2.42 bits per heavy atom. The summed E-state index contributed by atoms with van der Waals surface area (Å²) in [6, 6.07) is 5.74. The van der Waals surface area contributed by atoms with Crippen molar-refractivity contribution in [2.24, 2.45) is 27.3 Å². The molecule has 0 saturated heterocycles. The van der Waals surface area contributed by atoms with Gasteiger partial charge in [0.05, 0.1) is 6.61 Å². The van der Waals surface area contributed by atoms with Crippen molar-refractivity contribution >= 4 is 11.9 Å². The van der Waals surface area contributed by atoms with Crippen molar-refractivity contribution in [3.05, 3.63) is 30.1 Å². The van der Waals surface area contributed by atoms with Gasteiger partial charge in [-0.25, -0.2) is 4.39 Å². The summed E-state index contributed by atoms with van der Waals surface area (Å²) in [5.74, 6) is -0.0610. The van der Waals surface area contributed by atoms with E-state index in [1.165, 1.54) is 12.1 Å². The highest BCUT2D eigenvalue weighted by Gasteiger charge is 1.95. The number of aliphatic imine (C=N–C) groups is 1. The van der Waals surface area contributed by atoms with Crippen LogP contribution in [-0.2, 0) is 4.84 Å². The standard InChI is InChI=1S/C11H16FN5O2/c12-8-2-4-9(5-3-8)18-6-1-7-19-17-11(15)16-10(13)14/h2-5H,1,6-7H2,(H6,13,14,15,16,17). The highest BCUT2D eigenvalue weighted by atomic mass is 19.1. The van der Waals surface area contributed by atoms with E-state index in [2.05, 4.69) is 10.1 Å². The molecule has 0 saturated carbocycles. The van der Waals surface area contributed by atoms with Crippen LogP contribution < -0.4 is 21.9 Å². The van der Waals surface area contributed by atoms with Gasteiger partial charge in [-0.3, -0.25) is 0 Å². The van der Waals surface area contributed by atoms with E-state index in [4.69, 9.17) is 26.8 Å². The first-order valence-corrected chi connectivity index (χ1v) is 5.51. The molecule has 0 unspecified atom stereocenters. The number of oxime groups is 1. The lowest BCUT2D eigenvalue weighted by molar-refractivity contribution is 0.127. The Hall–Kier alpha value is -2.51. The van der Waals surface area contributed by atoms with Crippen LogP contribution in [0.25, 0.3) is 0 Å². The maximum absolute atomic E-state index is 12.6. The summed E-state index contributed by atoms with van der Waals surface area (Å²) in [5, 5.41) is 3.46. The predicted octanol–water partition coefficient (Wildman–Crippen LogP) is 0.114. The summed E-state index contributed by atoms with van der Waals surface area (Å²) >= 11 is 0. The Kier molecular flexibility index (Phi) is 5.93. The van der Waals surface area contributed by atoms with Crippen LogP contribution in [-0.4, -0.2) is 25.1 Å². The Balaban J connectivity index is 2.15. The van der Waals surface area contributed by atoms with Gasteiger partial charge in [0, 0.05) is 6.42 Å².